The molecule has 1 unspecified atom stereocenters. The molecule has 1 atom stereocenters. The van der Waals surface area contributed by atoms with Crippen LogP contribution < -0.4 is 5.32 Å². The molecule has 0 aliphatic carbocycles. The number of nitrogens with one attached hydrogen (secondary N) is 1. The average molecular weight is 274 g/mol. The average Bonchev–Trinajstić information content (AvgIpc) is 2.32. The van der Waals surface area contributed by atoms with Crippen LogP contribution in [-0.2, 0) is 4.74 Å². The summed E-state index contributed by atoms with van der Waals surface area (Å²) in [7, 11) is 0. The molecule has 1 aromatic rings. The molecule has 2 nitrogen and oxygen atoms in total. The highest BCUT2D eigenvalue weighted by molar-refractivity contribution is 6.42. The summed E-state index contributed by atoms with van der Waals surface area (Å²) in [5.41, 5.74) is 1.00. The second-order valence-electron chi connectivity index (χ2n) is 3.68. The molecule has 4 heteroatoms. The molecule has 17 heavy (non-hydrogen) atoms. The fraction of sp³-hybridized carbons (Fsp3) is 0.385. The van der Waals surface area contributed by atoms with Crippen LogP contribution in [0.2, 0.25) is 10.0 Å². The highest BCUT2D eigenvalue weighted by Gasteiger charge is 2.10. The Morgan fingerprint density at radius 1 is 1.47 bits per heavy atom. The Labute approximate surface area is 113 Å². The van der Waals surface area contributed by atoms with Gasteiger partial charge < -0.3 is 10.1 Å². The van der Waals surface area contributed by atoms with Crippen LogP contribution in [0, 0.1) is 0 Å². The minimum atomic E-state index is 0.147. The molecule has 1 N–H and O–H groups in total. The van der Waals surface area contributed by atoms with Crippen LogP contribution in [-0.4, -0.2) is 19.8 Å². The van der Waals surface area contributed by atoms with Crippen LogP contribution in [0.25, 0.3) is 0 Å². The highest BCUT2D eigenvalue weighted by Crippen LogP contribution is 2.29. The number of hydrogen-bond acceptors (Lipinski definition) is 2. The van der Waals surface area contributed by atoms with E-state index < -0.39 is 0 Å². The minimum Gasteiger partial charge on any atom is -0.376 e. The van der Waals surface area contributed by atoms with Crippen molar-refractivity contribution < 1.29 is 4.74 Å². The van der Waals surface area contributed by atoms with Crippen LogP contribution in [0.1, 0.15) is 18.5 Å². The maximum absolute atomic E-state index is 6.13. The van der Waals surface area contributed by atoms with Crippen molar-refractivity contribution in [2.45, 2.75) is 13.0 Å². The third-order valence-corrected chi connectivity index (χ3v) is 3.21. The van der Waals surface area contributed by atoms with Gasteiger partial charge in [0.2, 0.25) is 0 Å². The summed E-state index contributed by atoms with van der Waals surface area (Å²) in [4.78, 5) is 0. The highest BCUT2D eigenvalue weighted by atomic mass is 35.5. The molecule has 0 fully saturated rings. The van der Waals surface area contributed by atoms with Crippen molar-refractivity contribution in [1.82, 2.24) is 5.32 Å². The molecule has 0 aliphatic heterocycles. The van der Waals surface area contributed by atoms with Crippen molar-refractivity contribution >= 4 is 23.2 Å². The van der Waals surface area contributed by atoms with Crippen LogP contribution >= 0.6 is 23.2 Å². The minimum absolute atomic E-state index is 0.147. The number of hydrogen-bond donors (Lipinski definition) is 1. The summed E-state index contributed by atoms with van der Waals surface area (Å²) < 4.78 is 5.28. The predicted octanol–water partition coefficient (Wildman–Crippen LogP) is 3.85. The fourth-order valence-corrected chi connectivity index (χ4v) is 1.95. The van der Waals surface area contributed by atoms with E-state index in [1.165, 1.54) is 0 Å². The lowest BCUT2D eigenvalue weighted by Gasteiger charge is -2.16. The molecule has 0 amide bonds. The van der Waals surface area contributed by atoms with Crippen molar-refractivity contribution in [3.05, 3.63) is 46.5 Å². The second-order valence-corrected chi connectivity index (χ2v) is 4.47. The Kier molecular flexibility index (Phi) is 6.60. The predicted molar refractivity (Wildman–Crippen MR) is 73.9 cm³/mol. The van der Waals surface area contributed by atoms with E-state index in [0.717, 1.165) is 12.1 Å². The van der Waals surface area contributed by atoms with E-state index in [-0.39, 0.29) is 6.04 Å². The molecule has 0 heterocycles. The van der Waals surface area contributed by atoms with Gasteiger partial charge in [0.15, 0.2) is 0 Å². The molecular formula is C13H17Cl2NO. The second kappa shape index (κ2) is 7.72. The summed E-state index contributed by atoms with van der Waals surface area (Å²) in [6, 6.07) is 5.80. The standard InChI is InChI=1S/C13H17Cl2NO/c1-3-8-17-9-7-16-10(2)11-5-4-6-12(14)13(11)15/h3-6,10,16H,1,7-9H2,2H3. The van der Waals surface area contributed by atoms with Crippen molar-refractivity contribution in [2.75, 3.05) is 19.8 Å². The lowest BCUT2D eigenvalue weighted by molar-refractivity contribution is 0.162. The summed E-state index contributed by atoms with van der Waals surface area (Å²) >= 11 is 12.1. The number of rotatable bonds is 7. The zero-order valence-electron chi connectivity index (χ0n) is 9.88. The maximum Gasteiger partial charge on any atom is 0.0645 e. The molecule has 0 radical (unpaired) electrons. The first-order valence-electron chi connectivity index (χ1n) is 5.52. The molecule has 0 bridgehead atoms. The van der Waals surface area contributed by atoms with E-state index in [1.807, 2.05) is 19.1 Å². The molecule has 1 aromatic carbocycles. The van der Waals surface area contributed by atoms with E-state index in [0.29, 0.717) is 23.3 Å². The van der Waals surface area contributed by atoms with E-state index in [2.05, 4.69) is 11.9 Å². The first-order chi connectivity index (χ1) is 8.16. The Hall–Kier alpha value is -0.540. The van der Waals surface area contributed by atoms with Crippen molar-refractivity contribution in [1.29, 1.82) is 0 Å². The topological polar surface area (TPSA) is 21.3 Å². The van der Waals surface area contributed by atoms with E-state index in [4.69, 9.17) is 27.9 Å². The third-order valence-electron chi connectivity index (χ3n) is 2.38. The van der Waals surface area contributed by atoms with Gasteiger partial charge in [-0.1, -0.05) is 41.4 Å². The quantitative estimate of drug-likeness (QED) is 0.602. The van der Waals surface area contributed by atoms with Gasteiger partial charge in [-0.05, 0) is 18.6 Å². The maximum atomic E-state index is 6.13. The first-order valence-corrected chi connectivity index (χ1v) is 6.28. The lowest BCUT2D eigenvalue weighted by Crippen LogP contribution is -2.23. The lowest BCUT2D eigenvalue weighted by atomic mass is 10.1. The van der Waals surface area contributed by atoms with Crippen molar-refractivity contribution in [3.63, 3.8) is 0 Å². The van der Waals surface area contributed by atoms with Crippen LogP contribution in [0.5, 0.6) is 0 Å². The first kappa shape index (κ1) is 14.5. The Morgan fingerprint density at radius 2 is 2.24 bits per heavy atom. The zero-order valence-corrected chi connectivity index (χ0v) is 11.4. The van der Waals surface area contributed by atoms with Crippen molar-refractivity contribution in [3.8, 4) is 0 Å². The molecular weight excluding hydrogens is 257 g/mol. The van der Waals surface area contributed by atoms with Gasteiger partial charge in [-0.2, -0.15) is 0 Å². The van der Waals surface area contributed by atoms with Gasteiger partial charge in [-0.25, -0.2) is 0 Å². The Balaban J connectivity index is 2.44. The van der Waals surface area contributed by atoms with Crippen LogP contribution in [0.4, 0.5) is 0 Å². The van der Waals surface area contributed by atoms with Crippen LogP contribution in [0.15, 0.2) is 30.9 Å². The smallest absolute Gasteiger partial charge is 0.0645 e. The monoisotopic (exact) mass is 273 g/mol. The van der Waals surface area contributed by atoms with Gasteiger partial charge in [0.1, 0.15) is 0 Å². The van der Waals surface area contributed by atoms with Gasteiger partial charge in [0, 0.05) is 12.6 Å². The SMILES string of the molecule is C=CCOCCNC(C)c1cccc(Cl)c1Cl. The van der Waals surface area contributed by atoms with Gasteiger partial charge >= 0.3 is 0 Å². The van der Waals surface area contributed by atoms with E-state index >= 15 is 0 Å². The van der Waals surface area contributed by atoms with Gasteiger partial charge in [0.05, 0.1) is 23.3 Å². The molecule has 1 rings (SSSR count). The molecule has 0 saturated carbocycles. The number of halogens is 2. The van der Waals surface area contributed by atoms with Gasteiger partial charge in [-0.15, -0.1) is 6.58 Å². The largest absolute Gasteiger partial charge is 0.376 e. The fourth-order valence-electron chi connectivity index (χ4n) is 1.48. The molecule has 0 aliphatic rings. The number of ether oxygens (including phenoxy) is 1. The molecule has 0 saturated heterocycles. The normalized spacial score (nSPS) is 12.4. The Bertz CT molecular complexity index is 368. The number of benzene rings is 1. The summed E-state index contributed by atoms with van der Waals surface area (Å²) in [5.74, 6) is 0. The van der Waals surface area contributed by atoms with E-state index in [1.54, 1.807) is 12.1 Å². The van der Waals surface area contributed by atoms with Crippen molar-refractivity contribution in [2.24, 2.45) is 0 Å². The molecule has 0 spiro atoms. The summed E-state index contributed by atoms with van der Waals surface area (Å²) in [5, 5.41) is 4.52. The third kappa shape index (κ3) is 4.68. The van der Waals surface area contributed by atoms with Crippen LogP contribution in [0.3, 0.4) is 0 Å². The Morgan fingerprint density at radius 3 is 2.94 bits per heavy atom. The summed E-state index contributed by atoms with van der Waals surface area (Å²) in [6.45, 7) is 7.62. The van der Waals surface area contributed by atoms with Gasteiger partial charge in [-0.3, -0.25) is 0 Å². The molecule has 0 aromatic heterocycles. The summed E-state index contributed by atoms with van der Waals surface area (Å²) in [6.07, 6.45) is 1.73. The van der Waals surface area contributed by atoms with E-state index in [9.17, 15) is 0 Å². The van der Waals surface area contributed by atoms with Gasteiger partial charge in [0.25, 0.3) is 0 Å². The molecule has 94 valence electrons. The zero-order chi connectivity index (χ0) is 12.7.